The van der Waals surface area contributed by atoms with Gasteiger partial charge in [-0.2, -0.15) is 0 Å². The van der Waals surface area contributed by atoms with Crippen LogP contribution in [0, 0.1) is 29.6 Å². The molecule has 2 heteroatoms. The molecule has 1 aromatic rings. The maximum Gasteiger partial charge on any atom is 0.140 e. The summed E-state index contributed by atoms with van der Waals surface area (Å²) in [6.07, 6.45) is 7.30. The second-order valence-corrected chi connectivity index (χ2v) is 7.67. The Morgan fingerprint density at radius 3 is 2.30 bits per heavy atom. The lowest BCUT2D eigenvalue weighted by Crippen LogP contribution is -2.48. The topological polar surface area (TPSA) is 17.1 Å². The Balaban J connectivity index is 1.51. The van der Waals surface area contributed by atoms with Gasteiger partial charge in [0.15, 0.2) is 0 Å². The highest BCUT2D eigenvalue weighted by Gasteiger charge is 2.50. The molecule has 0 radical (unpaired) electrons. The van der Waals surface area contributed by atoms with E-state index in [9.17, 15) is 4.79 Å². The van der Waals surface area contributed by atoms with Gasteiger partial charge in [-0.3, -0.25) is 4.79 Å². The second kappa shape index (κ2) is 4.87. The zero-order chi connectivity index (χ0) is 13.7. The fraction of sp³-hybridized carbons (Fsp3) is 0.611. The first kappa shape index (κ1) is 12.9. The van der Waals surface area contributed by atoms with E-state index in [2.05, 4.69) is 0 Å². The van der Waals surface area contributed by atoms with E-state index in [1.807, 2.05) is 24.3 Å². The SMILES string of the molecule is O=C(Cc1cccc(Cl)c1)C1C2CC3CC(C2)CC1C3. The third kappa shape index (κ3) is 2.20. The van der Waals surface area contributed by atoms with Gasteiger partial charge in [0.05, 0.1) is 0 Å². The summed E-state index contributed by atoms with van der Waals surface area (Å²) in [5.41, 5.74) is 1.08. The van der Waals surface area contributed by atoms with Gasteiger partial charge in [0.25, 0.3) is 0 Å². The molecule has 5 rings (SSSR count). The molecule has 0 aromatic heterocycles. The third-order valence-corrected chi connectivity index (χ3v) is 6.10. The largest absolute Gasteiger partial charge is 0.299 e. The van der Waals surface area contributed by atoms with Crippen molar-refractivity contribution in [2.45, 2.75) is 38.5 Å². The van der Waals surface area contributed by atoms with Gasteiger partial charge in [0.1, 0.15) is 5.78 Å². The van der Waals surface area contributed by atoms with Crippen LogP contribution in [-0.2, 0) is 11.2 Å². The summed E-state index contributed by atoms with van der Waals surface area (Å²) in [6, 6.07) is 7.79. The van der Waals surface area contributed by atoms with Crippen LogP contribution >= 0.6 is 11.6 Å². The molecular formula is C18H21ClO. The van der Waals surface area contributed by atoms with Crippen molar-refractivity contribution in [3.05, 3.63) is 34.9 Å². The second-order valence-electron chi connectivity index (χ2n) is 7.23. The smallest absolute Gasteiger partial charge is 0.140 e. The molecule has 4 saturated carbocycles. The standard InChI is InChI=1S/C18H21ClO/c19-16-3-1-2-11(9-16)10-17(20)18-14-5-12-4-13(7-14)8-15(18)6-12/h1-3,9,12-15,18H,4-8,10H2. The first-order chi connectivity index (χ1) is 9.69. The summed E-state index contributed by atoms with van der Waals surface area (Å²) in [4.78, 5) is 12.8. The molecule has 4 fully saturated rings. The molecular weight excluding hydrogens is 268 g/mol. The highest BCUT2D eigenvalue weighted by Crippen LogP contribution is 2.56. The first-order valence-corrected chi connectivity index (χ1v) is 8.34. The van der Waals surface area contributed by atoms with E-state index in [1.165, 1.54) is 32.1 Å². The molecule has 1 nitrogen and oxygen atoms in total. The lowest BCUT2D eigenvalue weighted by molar-refractivity contribution is -0.135. The van der Waals surface area contributed by atoms with Crippen LogP contribution in [0.1, 0.15) is 37.7 Å². The number of ketones is 1. The van der Waals surface area contributed by atoms with Crippen molar-refractivity contribution < 1.29 is 4.79 Å². The molecule has 4 aliphatic rings. The quantitative estimate of drug-likeness (QED) is 0.799. The number of rotatable bonds is 3. The van der Waals surface area contributed by atoms with E-state index < -0.39 is 0 Å². The summed E-state index contributed by atoms with van der Waals surface area (Å²) >= 11 is 6.02. The fourth-order valence-electron chi connectivity index (χ4n) is 5.42. The average Bonchev–Trinajstić information content (AvgIpc) is 2.37. The van der Waals surface area contributed by atoms with Gasteiger partial charge in [0.2, 0.25) is 0 Å². The van der Waals surface area contributed by atoms with Gasteiger partial charge in [0, 0.05) is 17.4 Å². The molecule has 4 aliphatic carbocycles. The predicted molar refractivity (Wildman–Crippen MR) is 80.7 cm³/mol. The highest BCUT2D eigenvalue weighted by molar-refractivity contribution is 6.30. The van der Waals surface area contributed by atoms with Crippen molar-refractivity contribution in [1.82, 2.24) is 0 Å². The molecule has 0 atom stereocenters. The molecule has 0 saturated heterocycles. The van der Waals surface area contributed by atoms with E-state index in [1.54, 1.807) is 0 Å². The number of carbonyl (C=O) groups is 1. The minimum Gasteiger partial charge on any atom is -0.299 e. The van der Waals surface area contributed by atoms with Crippen molar-refractivity contribution in [3.8, 4) is 0 Å². The maximum atomic E-state index is 12.8. The molecule has 0 unspecified atom stereocenters. The number of hydrogen-bond acceptors (Lipinski definition) is 1. The maximum absolute atomic E-state index is 12.8. The van der Waals surface area contributed by atoms with Crippen LogP contribution in [0.2, 0.25) is 5.02 Å². The Morgan fingerprint density at radius 2 is 1.70 bits per heavy atom. The number of carbonyl (C=O) groups excluding carboxylic acids is 1. The molecule has 0 heterocycles. The van der Waals surface area contributed by atoms with Crippen LogP contribution in [-0.4, -0.2) is 5.78 Å². The average molecular weight is 289 g/mol. The number of hydrogen-bond donors (Lipinski definition) is 0. The van der Waals surface area contributed by atoms with Crippen molar-refractivity contribution >= 4 is 17.4 Å². The van der Waals surface area contributed by atoms with E-state index in [-0.39, 0.29) is 0 Å². The third-order valence-electron chi connectivity index (χ3n) is 5.87. The zero-order valence-corrected chi connectivity index (χ0v) is 12.5. The lowest BCUT2D eigenvalue weighted by atomic mass is 9.51. The van der Waals surface area contributed by atoms with Crippen molar-refractivity contribution in [3.63, 3.8) is 0 Å². The summed E-state index contributed by atoms with van der Waals surface area (Å²) < 4.78 is 0. The Morgan fingerprint density at radius 1 is 1.05 bits per heavy atom. The summed E-state index contributed by atoms with van der Waals surface area (Å²) in [5.74, 6) is 4.08. The van der Waals surface area contributed by atoms with Gasteiger partial charge in [-0.05, 0) is 73.5 Å². The number of benzene rings is 1. The van der Waals surface area contributed by atoms with E-state index in [0.717, 1.165) is 22.4 Å². The molecule has 4 bridgehead atoms. The van der Waals surface area contributed by atoms with Crippen LogP contribution in [0.15, 0.2) is 24.3 Å². The fourth-order valence-corrected chi connectivity index (χ4v) is 5.63. The van der Waals surface area contributed by atoms with Crippen LogP contribution in [0.25, 0.3) is 0 Å². The Hall–Kier alpha value is -0.820. The Labute approximate surface area is 125 Å². The van der Waals surface area contributed by atoms with Gasteiger partial charge < -0.3 is 0 Å². The van der Waals surface area contributed by atoms with Crippen molar-refractivity contribution in [1.29, 1.82) is 0 Å². The normalized spacial score (nSPS) is 38.1. The van der Waals surface area contributed by atoms with E-state index >= 15 is 0 Å². The molecule has 0 amide bonds. The van der Waals surface area contributed by atoms with Crippen molar-refractivity contribution in [2.75, 3.05) is 0 Å². The van der Waals surface area contributed by atoms with Gasteiger partial charge in [-0.25, -0.2) is 0 Å². The summed E-state index contributed by atoms with van der Waals surface area (Å²) in [6.45, 7) is 0. The molecule has 20 heavy (non-hydrogen) atoms. The summed E-state index contributed by atoms with van der Waals surface area (Å²) in [7, 11) is 0. The molecule has 0 aliphatic heterocycles. The Bertz CT molecular complexity index is 508. The van der Waals surface area contributed by atoms with Crippen LogP contribution in [0.5, 0.6) is 0 Å². The molecule has 106 valence electrons. The molecule has 0 spiro atoms. The van der Waals surface area contributed by atoms with Crippen LogP contribution < -0.4 is 0 Å². The minimum atomic E-state index is 0.349. The monoisotopic (exact) mass is 288 g/mol. The predicted octanol–water partition coefficient (Wildman–Crippen LogP) is 4.52. The van der Waals surface area contributed by atoms with Gasteiger partial charge in [-0.1, -0.05) is 23.7 Å². The van der Waals surface area contributed by atoms with Crippen molar-refractivity contribution in [2.24, 2.45) is 29.6 Å². The van der Waals surface area contributed by atoms with E-state index in [0.29, 0.717) is 30.0 Å². The van der Waals surface area contributed by atoms with Crippen LogP contribution in [0.4, 0.5) is 0 Å². The molecule has 1 aromatic carbocycles. The zero-order valence-electron chi connectivity index (χ0n) is 11.7. The minimum absolute atomic E-state index is 0.349. The lowest BCUT2D eigenvalue weighted by Gasteiger charge is -2.53. The van der Waals surface area contributed by atoms with Gasteiger partial charge in [-0.15, -0.1) is 0 Å². The number of halogens is 1. The first-order valence-electron chi connectivity index (χ1n) is 7.96. The van der Waals surface area contributed by atoms with E-state index in [4.69, 9.17) is 11.6 Å². The Kier molecular flexibility index (Phi) is 3.14. The van der Waals surface area contributed by atoms with Crippen LogP contribution in [0.3, 0.4) is 0 Å². The van der Waals surface area contributed by atoms with Gasteiger partial charge >= 0.3 is 0 Å². The summed E-state index contributed by atoms with van der Waals surface area (Å²) in [5, 5.41) is 0.736. The number of Topliss-reactive ketones (excluding diaryl/α,β-unsaturated/α-hetero) is 1. The highest BCUT2D eigenvalue weighted by atomic mass is 35.5. The molecule has 0 N–H and O–H groups in total.